The molecule has 1 atom stereocenters. The van der Waals surface area contributed by atoms with Gasteiger partial charge in [-0.3, -0.25) is 0 Å². The zero-order valence-corrected chi connectivity index (χ0v) is 12.6. The monoisotopic (exact) mass is 331 g/mol. The van der Waals surface area contributed by atoms with Gasteiger partial charge in [-0.2, -0.15) is 4.98 Å². The van der Waals surface area contributed by atoms with Crippen molar-refractivity contribution < 1.29 is 19.0 Å². The van der Waals surface area contributed by atoms with Gasteiger partial charge in [0, 0.05) is 24.8 Å². The Labute approximate surface area is 136 Å². The highest BCUT2D eigenvalue weighted by Crippen LogP contribution is 2.33. The number of aromatic nitrogens is 2. The summed E-state index contributed by atoms with van der Waals surface area (Å²) in [4.78, 5) is 8.08. The summed E-state index contributed by atoms with van der Waals surface area (Å²) in [5.41, 5.74) is 1.11. The number of hydrogen-bond donors (Lipinski definition) is 3. The van der Waals surface area contributed by atoms with Gasteiger partial charge in [0.15, 0.2) is 5.82 Å². The first kappa shape index (κ1) is 14.9. The standard InChI is InChI=1S/C17H15F2N3O2/c18-12-7-13-16(21-17(24)20-13)15(19)14(12)9-1-3-10(4-2-9)22-6-5-11(23)8-22/h1-4,7,11,23H,5-6,8H2,(H2,20,21,24)/t11-/m1/s1. The molecule has 1 aliphatic rings. The van der Waals surface area contributed by atoms with Crippen molar-refractivity contribution in [1.82, 2.24) is 9.97 Å². The Kier molecular flexibility index (Phi) is 3.38. The number of halogens is 2. The van der Waals surface area contributed by atoms with E-state index in [1.807, 2.05) is 4.90 Å². The van der Waals surface area contributed by atoms with Crippen LogP contribution in [0, 0.1) is 11.6 Å². The summed E-state index contributed by atoms with van der Waals surface area (Å²) in [6.07, 6.45) is 0.374. The summed E-state index contributed by atoms with van der Waals surface area (Å²) in [7, 11) is 0. The third kappa shape index (κ3) is 2.37. The minimum Gasteiger partial charge on any atom is -0.480 e. The average molecular weight is 331 g/mol. The van der Waals surface area contributed by atoms with E-state index in [0.29, 0.717) is 18.5 Å². The number of imidazole rings is 1. The van der Waals surface area contributed by atoms with Crippen molar-refractivity contribution in [3.05, 3.63) is 42.0 Å². The maximum atomic E-state index is 14.6. The van der Waals surface area contributed by atoms with Crippen LogP contribution in [0.1, 0.15) is 6.42 Å². The fourth-order valence-electron chi connectivity index (χ4n) is 3.15. The molecule has 124 valence electrons. The molecule has 2 aromatic carbocycles. The van der Waals surface area contributed by atoms with Crippen LogP contribution in [0.25, 0.3) is 22.2 Å². The van der Waals surface area contributed by atoms with Crippen molar-refractivity contribution in [3.8, 4) is 17.1 Å². The second kappa shape index (κ2) is 5.45. The Morgan fingerprint density at radius 3 is 2.62 bits per heavy atom. The molecule has 4 rings (SSSR count). The second-order valence-electron chi connectivity index (χ2n) is 5.94. The topological polar surface area (TPSA) is 72.4 Å². The third-order valence-electron chi connectivity index (χ3n) is 4.34. The Hall–Kier alpha value is -2.67. The molecule has 7 heteroatoms. The molecule has 0 unspecified atom stereocenters. The van der Waals surface area contributed by atoms with E-state index in [1.54, 1.807) is 24.3 Å². The number of fused-ring (bicyclic) bond motifs is 1. The molecule has 3 N–H and O–H groups in total. The predicted molar refractivity (Wildman–Crippen MR) is 85.9 cm³/mol. The zero-order chi connectivity index (χ0) is 16.8. The zero-order valence-electron chi connectivity index (χ0n) is 12.6. The van der Waals surface area contributed by atoms with Gasteiger partial charge in [0.25, 0.3) is 6.01 Å². The average Bonchev–Trinajstić information content (AvgIpc) is 3.13. The summed E-state index contributed by atoms with van der Waals surface area (Å²) in [5, 5.41) is 18.9. The van der Waals surface area contributed by atoms with Crippen molar-refractivity contribution in [2.24, 2.45) is 0 Å². The van der Waals surface area contributed by atoms with Gasteiger partial charge in [-0.1, -0.05) is 12.1 Å². The lowest BCUT2D eigenvalue weighted by atomic mass is 10.0. The molecule has 0 saturated carbocycles. The molecule has 2 heterocycles. The number of nitrogens with zero attached hydrogens (tertiary/aromatic N) is 2. The number of nitrogens with one attached hydrogen (secondary N) is 1. The van der Waals surface area contributed by atoms with Gasteiger partial charge in [-0.25, -0.2) is 8.78 Å². The van der Waals surface area contributed by atoms with Gasteiger partial charge in [0.05, 0.1) is 17.2 Å². The molecular formula is C17H15F2N3O2. The fourth-order valence-corrected chi connectivity index (χ4v) is 3.15. The van der Waals surface area contributed by atoms with E-state index in [4.69, 9.17) is 0 Å². The molecule has 0 spiro atoms. The van der Waals surface area contributed by atoms with E-state index < -0.39 is 17.6 Å². The number of aromatic hydroxyl groups is 1. The highest BCUT2D eigenvalue weighted by molar-refractivity contribution is 5.84. The van der Waals surface area contributed by atoms with Gasteiger partial charge in [-0.15, -0.1) is 0 Å². The number of β-amino-alcohol motifs (C(OH)–C–C–N with tert-alkyl or cyclic N) is 1. The lowest BCUT2D eigenvalue weighted by Crippen LogP contribution is -2.20. The summed E-state index contributed by atoms with van der Waals surface area (Å²) in [6.45, 7) is 1.31. The molecule has 1 aromatic heterocycles. The number of aliphatic hydroxyl groups excluding tert-OH is 1. The van der Waals surface area contributed by atoms with Crippen LogP contribution in [0.2, 0.25) is 0 Å². The van der Waals surface area contributed by atoms with Gasteiger partial charge in [0.2, 0.25) is 0 Å². The van der Waals surface area contributed by atoms with Gasteiger partial charge in [0.1, 0.15) is 11.3 Å². The Morgan fingerprint density at radius 2 is 1.96 bits per heavy atom. The number of aromatic amines is 1. The summed E-state index contributed by atoms with van der Waals surface area (Å²) < 4.78 is 28.9. The molecular weight excluding hydrogens is 316 g/mol. The van der Waals surface area contributed by atoms with Crippen molar-refractivity contribution >= 4 is 16.7 Å². The Bertz CT molecular complexity index is 908. The van der Waals surface area contributed by atoms with E-state index in [2.05, 4.69) is 9.97 Å². The van der Waals surface area contributed by atoms with Crippen LogP contribution in [-0.4, -0.2) is 39.4 Å². The molecule has 1 saturated heterocycles. The number of rotatable bonds is 2. The van der Waals surface area contributed by atoms with E-state index >= 15 is 0 Å². The van der Waals surface area contributed by atoms with Gasteiger partial charge < -0.3 is 20.1 Å². The number of hydrogen-bond acceptors (Lipinski definition) is 4. The molecule has 0 amide bonds. The van der Waals surface area contributed by atoms with Crippen LogP contribution < -0.4 is 4.90 Å². The maximum Gasteiger partial charge on any atom is 0.292 e. The van der Waals surface area contributed by atoms with E-state index in [1.165, 1.54) is 0 Å². The molecule has 24 heavy (non-hydrogen) atoms. The van der Waals surface area contributed by atoms with Gasteiger partial charge in [-0.05, 0) is 24.1 Å². The highest BCUT2D eigenvalue weighted by Gasteiger charge is 2.22. The van der Waals surface area contributed by atoms with Crippen LogP contribution in [-0.2, 0) is 0 Å². The van der Waals surface area contributed by atoms with Crippen molar-refractivity contribution in [2.45, 2.75) is 12.5 Å². The third-order valence-corrected chi connectivity index (χ3v) is 4.34. The van der Waals surface area contributed by atoms with E-state index in [9.17, 15) is 19.0 Å². The lowest BCUT2D eigenvalue weighted by Gasteiger charge is -2.18. The smallest absolute Gasteiger partial charge is 0.292 e. The van der Waals surface area contributed by atoms with Crippen LogP contribution >= 0.6 is 0 Å². The minimum atomic E-state index is -0.814. The molecule has 3 aromatic rings. The number of benzene rings is 2. The Morgan fingerprint density at radius 1 is 1.21 bits per heavy atom. The van der Waals surface area contributed by atoms with Crippen LogP contribution in [0.5, 0.6) is 6.01 Å². The predicted octanol–water partition coefficient (Wildman–Crippen LogP) is 2.78. The van der Waals surface area contributed by atoms with Crippen LogP contribution in [0.3, 0.4) is 0 Å². The quantitative estimate of drug-likeness (QED) is 0.675. The largest absolute Gasteiger partial charge is 0.480 e. The number of H-pyrrole nitrogens is 1. The normalized spacial score (nSPS) is 17.8. The Balaban J connectivity index is 1.74. The summed E-state index contributed by atoms with van der Waals surface area (Å²) in [6, 6.07) is 7.49. The molecule has 1 aliphatic heterocycles. The molecule has 0 aliphatic carbocycles. The fraction of sp³-hybridized carbons (Fsp3) is 0.235. The maximum absolute atomic E-state index is 14.6. The number of anilines is 1. The van der Waals surface area contributed by atoms with Crippen molar-refractivity contribution in [1.29, 1.82) is 0 Å². The highest BCUT2D eigenvalue weighted by atomic mass is 19.1. The van der Waals surface area contributed by atoms with Crippen LogP contribution in [0.15, 0.2) is 30.3 Å². The first-order valence-corrected chi connectivity index (χ1v) is 7.63. The van der Waals surface area contributed by atoms with Crippen molar-refractivity contribution in [2.75, 3.05) is 18.0 Å². The molecule has 1 fully saturated rings. The second-order valence-corrected chi connectivity index (χ2v) is 5.94. The SMILES string of the molecule is Oc1nc2c(F)c(-c3ccc(N4CC[C@@H](O)C4)cc3)c(F)cc2[nH]1. The summed E-state index contributed by atoms with van der Waals surface area (Å²) in [5.74, 6) is -1.54. The van der Waals surface area contributed by atoms with Crippen LogP contribution in [0.4, 0.5) is 14.5 Å². The first-order valence-electron chi connectivity index (χ1n) is 7.63. The van der Waals surface area contributed by atoms with Gasteiger partial charge >= 0.3 is 0 Å². The number of aliphatic hydroxyl groups is 1. The lowest BCUT2D eigenvalue weighted by molar-refractivity contribution is 0.198. The van der Waals surface area contributed by atoms with E-state index in [-0.39, 0.29) is 22.7 Å². The molecule has 0 bridgehead atoms. The van der Waals surface area contributed by atoms with Crippen molar-refractivity contribution in [3.63, 3.8) is 0 Å². The molecule has 5 nitrogen and oxygen atoms in total. The minimum absolute atomic E-state index is 0.101. The molecule has 0 radical (unpaired) electrons. The van der Waals surface area contributed by atoms with E-state index in [0.717, 1.165) is 18.3 Å². The summed E-state index contributed by atoms with van der Waals surface area (Å²) >= 11 is 0. The first-order chi connectivity index (χ1) is 11.5.